The zero-order valence-corrected chi connectivity index (χ0v) is 11.6. The van der Waals surface area contributed by atoms with Gasteiger partial charge in [-0.05, 0) is 25.0 Å². The van der Waals surface area contributed by atoms with Crippen molar-refractivity contribution in [2.24, 2.45) is 0 Å². The molecule has 5 heteroatoms. The third-order valence-corrected chi connectivity index (χ3v) is 2.58. The topological polar surface area (TPSA) is 67.4 Å². The number of ether oxygens (including phenoxy) is 1. The Morgan fingerprint density at radius 3 is 2.26 bits per heavy atom. The van der Waals surface area contributed by atoms with Gasteiger partial charge in [0.1, 0.15) is 5.75 Å². The van der Waals surface area contributed by atoms with Crippen molar-refractivity contribution >= 4 is 11.8 Å². The molecule has 0 aliphatic heterocycles. The van der Waals surface area contributed by atoms with Crippen LogP contribution in [0.5, 0.6) is 5.75 Å². The number of amides is 2. The van der Waals surface area contributed by atoms with Gasteiger partial charge < -0.3 is 15.4 Å². The molecule has 5 nitrogen and oxygen atoms in total. The molecule has 0 unspecified atom stereocenters. The quantitative estimate of drug-likeness (QED) is 0.751. The van der Waals surface area contributed by atoms with E-state index in [4.69, 9.17) is 4.74 Å². The summed E-state index contributed by atoms with van der Waals surface area (Å²) in [5.74, 6) is 0.438. The summed E-state index contributed by atoms with van der Waals surface area (Å²) >= 11 is 0. The summed E-state index contributed by atoms with van der Waals surface area (Å²) in [5, 5.41) is 5.27. The molecule has 0 aliphatic rings. The van der Waals surface area contributed by atoms with E-state index in [1.54, 1.807) is 0 Å². The number of nitrogens with one attached hydrogen (secondary N) is 2. The maximum Gasteiger partial charge on any atom is 0.258 e. The minimum absolute atomic E-state index is 0.0221. The van der Waals surface area contributed by atoms with Crippen molar-refractivity contribution in [1.82, 2.24) is 10.6 Å². The molecule has 0 aromatic heterocycles. The van der Waals surface area contributed by atoms with E-state index in [9.17, 15) is 9.59 Å². The second kappa shape index (κ2) is 7.41. The van der Waals surface area contributed by atoms with Crippen LogP contribution in [0.2, 0.25) is 0 Å². The second-order valence-electron chi connectivity index (χ2n) is 4.34. The van der Waals surface area contributed by atoms with Gasteiger partial charge >= 0.3 is 0 Å². The summed E-state index contributed by atoms with van der Waals surface area (Å²) in [5.41, 5.74) is 2.01. The van der Waals surface area contributed by atoms with Gasteiger partial charge in [0.05, 0.1) is 0 Å². The van der Waals surface area contributed by atoms with Crippen LogP contribution >= 0.6 is 0 Å². The molecule has 0 saturated heterocycles. The Morgan fingerprint density at radius 2 is 1.68 bits per heavy atom. The standard InChI is InChI=1S/C14H20N2O3/c1-10-5-4-6-11(2)14(10)19-9-13(18)16-8-7-15-12(3)17/h4-6H,7-9H2,1-3H3,(H,15,17)(H,16,18). The van der Waals surface area contributed by atoms with Crippen molar-refractivity contribution < 1.29 is 14.3 Å². The molecule has 0 atom stereocenters. The van der Waals surface area contributed by atoms with Crippen LogP contribution in [-0.2, 0) is 9.59 Å². The third-order valence-electron chi connectivity index (χ3n) is 2.58. The SMILES string of the molecule is CC(=O)NCCNC(=O)COc1c(C)cccc1C. The lowest BCUT2D eigenvalue weighted by Gasteiger charge is -2.12. The minimum Gasteiger partial charge on any atom is -0.483 e. The van der Waals surface area contributed by atoms with Gasteiger partial charge in [-0.2, -0.15) is 0 Å². The van der Waals surface area contributed by atoms with Crippen molar-refractivity contribution in [2.45, 2.75) is 20.8 Å². The van der Waals surface area contributed by atoms with Crippen LogP contribution in [0.3, 0.4) is 0 Å². The van der Waals surface area contributed by atoms with Crippen LogP contribution in [0.1, 0.15) is 18.1 Å². The molecule has 0 saturated carbocycles. The van der Waals surface area contributed by atoms with Crippen molar-refractivity contribution in [3.05, 3.63) is 29.3 Å². The Morgan fingerprint density at radius 1 is 1.11 bits per heavy atom. The molecule has 0 bridgehead atoms. The zero-order valence-electron chi connectivity index (χ0n) is 11.6. The summed E-state index contributed by atoms with van der Waals surface area (Å²) in [6.07, 6.45) is 0. The van der Waals surface area contributed by atoms with E-state index in [1.807, 2.05) is 32.0 Å². The lowest BCUT2D eigenvalue weighted by atomic mass is 10.1. The van der Waals surface area contributed by atoms with Crippen molar-refractivity contribution in [3.8, 4) is 5.75 Å². The number of hydrogen-bond donors (Lipinski definition) is 2. The van der Waals surface area contributed by atoms with E-state index in [0.717, 1.165) is 16.9 Å². The first-order valence-electron chi connectivity index (χ1n) is 6.21. The number of aryl methyl sites for hydroxylation is 2. The number of carbonyl (C=O) groups excluding carboxylic acids is 2. The summed E-state index contributed by atoms with van der Waals surface area (Å²) in [6, 6.07) is 5.83. The van der Waals surface area contributed by atoms with E-state index >= 15 is 0 Å². The Balaban J connectivity index is 2.32. The molecule has 19 heavy (non-hydrogen) atoms. The summed E-state index contributed by atoms with van der Waals surface area (Å²) in [7, 11) is 0. The smallest absolute Gasteiger partial charge is 0.258 e. The van der Waals surface area contributed by atoms with Crippen molar-refractivity contribution in [1.29, 1.82) is 0 Å². The maximum atomic E-state index is 11.5. The predicted octanol–water partition coefficient (Wildman–Crippen LogP) is 0.935. The number of benzene rings is 1. The average molecular weight is 264 g/mol. The van der Waals surface area contributed by atoms with Crippen LogP contribution in [0.15, 0.2) is 18.2 Å². The molecule has 0 spiro atoms. The normalized spacial score (nSPS) is 9.84. The molecule has 2 amide bonds. The molecular formula is C14H20N2O3. The maximum absolute atomic E-state index is 11.5. The fourth-order valence-electron chi connectivity index (χ4n) is 1.66. The van der Waals surface area contributed by atoms with Gasteiger partial charge in [0.25, 0.3) is 5.91 Å². The highest BCUT2D eigenvalue weighted by Gasteiger charge is 2.06. The van der Waals surface area contributed by atoms with E-state index in [-0.39, 0.29) is 18.4 Å². The Hall–Kier alpha value is -2.04. The van der Waals surface area contributed by atoms with Gasteiger partial charge in [-0.1, -0.05) is 18.2 Å². The van der Waals surface area contributed by atoms with Gasteiger partial charge in [-0.15, -0.1) is 0 Å². The molecule has 0 aliphatic carbocycles. The van der Waals surface area contributed by atoms with Gasteiger partial charge in [0.15, 0.2) is 6.61 Å². The fraction of sp³-hybridized carbons (Fsp3) is 0.429. The number of carbonyl (C=O) groups is 2. The highest BCUT2D eigenvalue weighted by Crippen LogP contribution is 2.21. The monoisotopic (exact) mass is 264 g/mol. The van der Waals surface area contributed by atoms with Gasteiger partial charge in [0, 0.05) is 20.0 Å². The second-order valence-corrected chi connectivity index (χ2v) is 4.34. The van der Waals surface area contributed by atoms with Crippen LogP contribution < -0.4 is 15.4 Å². The first kappa shape index (κ1) is 15.0. The molecule has 0 heterocycles. The number of rotatable bonds is 6. The molecule has 1 aromatic rings. The predicted molar refractivity (Wildman–Crippen MR) is 73.1 cm³/mol. The van der Waals surface area contributed by atoms with Crippen LogP contribution in [0.4, 0.5) is 0 Å². The highest BCUT2D eigenvalue weighted by molar-refractivity contribution is 5.77. The Labute approximate surface area is 113 Å². The highest BCUT2D eigenvalue weighted by atomic mass is 16.5. The van der Waals surface area contributed by atoms with E-state index in [2.05, 4.69) is 10.6 Å². The molecular weight excluding hydrogens is 244 g/mol. The van der Waals surface area contributed by atoms with Crippen molar-refractivity contribution in [3.63, 3.8) is 0 Å². The third kappa shape index (κ3) is 5.42. The molecule has 0 fully saturated rings. The lowest BCUT2D eigenvalue weighted by molar-refractivity contribution is -0.123. The Kier molecular flexibility index (Phi) is 5.85. The first-order chi connectivity index (χ1) is 9.00. The average Bonchev–Trinajstić information content (AvgIpc) is 2.34. The summed E-state index contributed by atoms with van der Waals surface area (Å²) < 4.78 is 5.51. The van der Waals surface area contributed by atoms with Crippen LogP contribution in [0, 0.1) is 13.8 Å². The minimum atomic E-state index is -0.201. The number of hydrogen-bond acceptors (Lipinski definition) is 3. The van der Waals surface area contributed by atoms with Gasteiger partial charge in [-0.3, -0.25) is 9.59 Å². The van der Waals surface area contributed by atoms with Crippen LogP contribution in [0.25, 0.3) is 0 Å². The molecule has 1 aromatic carbocycles. The number of para-hydroxylation sites is 1. The summed E-state index contributed by atoms with van der Waals surface area (Å²) in [4.78, 5) is 22.2. The van der Waals surface area contributed by atoms with E-state index < -0.39 is 0 Å². The largest absolute Gasteiger partial charge is 0.483 e. The fourth-order valence-corrected chi connectivity index (χ4v) is 1.66. The molecule has 2 N–H and O–H groups in total. The van der Waals surface area contributed by atoms with Gasteiger partial charge in [0.2, 0.25) is 5.91 Å². The lowest BCUT2D eigenvalue weighted by Crippen LogP contribution is -2.36. The first-order valence-corrected chi connectivity index (χ1v) is 6.21. The summed E-state index contributed by atoms with van der Waals surface area (Å²) in [6.45, 7) is 6.12. The molecule has 104 valence electrons. The van der Waals surface area contributed by atoms with Gasteiger partial charge in [-0.25, -0.2) is 0 Å². The molecule has 0 radical (unpaired) electrons. The van der Waals surface area contributed by atoms with Crippen molar-refractivity contribution in [2.75, 3.05) is 19.7 Å². The van der Waals surface area contributed by atoms with E-state index in [0.29, 0.717) is 13.1 Å². The molecule has 1 rings (SSSR count). The zero-order chi connectivity index (χ0) is 14.3. The van der Waals surface area contributed by atoms with E-state index in [1.165, 1.54) is 6.92 Å². The Bertz CT molecular complexity index is 438. The van der Waals surface area contributed by atoms with Crippen LogP contribution in [-0.4, -0.2) is 31.5 Å².